The van der Waals surface area contributed by atoms with Crippen LogP contribution in [-0.2, 0) is 6.42 Å². The third-order valence-corrected chi connectivity index (χ3v) is 3.39. The molecule has 0 radical (unpaired) electrons. The van der Waals surface area contributed by atoms with E-state index in [9.17, 15) is 0 Å². The minimum absolute atomic E-state index is 0.356. The van der Waals surface area contributed by atoms with E-state index in [-0.39, 0.29) is 0 Å². The third-order valence-electron chi connectivity index (χ3n) is 3.17. The summed E-state index contributed by atoms with van der Waals surface area (Å²) in [6.07, 6.45) is 0.885. The molecule has 3 N–H and O–H groups in total. The van der Waals surface area contributed by atoms with Crippen LogP contribution in [0.4, 0.5) is 5.82 Å². The molecule has 0 amide bonds. The fourth-order valence-electron chi connectivity index (χ4n) is 2.01. The fraction of sp³-hybridized carbons (Fsp3) is 0.250. The Hall–Kier alpha value is -2.14. The van der Waals surface area contributed by atoms with Crippen molar-refractivity contribution in [1.29, 1.82) is 0 Å². The number of benzene rings is 1. The second-order valence-corrected chi connectivity index (χ2v) is 5.18. The molecule has 1 heterocycles. The number of hydrogen-bond donors (Lipinski definition) is 2. The minimum Gasteiger partial charge on any atom is -0.497 e. The van der Waals surface area contributed by atoms with Gasteiger partial charge < -0.3 is 15.8 Å². The molecule has 0 aliphatic rings. The first-order valence-electron chi connectivity index (χ1n) is 6.74. The monoisotopic (exact) mass is 301 g/mol. The lowest BCUT2D eigenvalue weighted by atomic mass is 10.1. The average molecular weight is 301 g/mol. The SMILES string of the molecule is COc1ccc(CCNc2nc(C)ccc2C(N)=S)cc1. The van der Waals surface area contributed by atoms with Crippen LogP contribution in [0.2, 0.25) is 0 Å². The number of rotatable bonds is 6. The normalized spacial score (nSPS) is 10.2. The Morgan fingerprint density at radius 3 is 2.57 bits per heavy atom. The molecule has 0 aliphatic heterocycles. The number of anilines is 1. The first kappa shape index (κ1) is 15.3. The summed E-state index contributed by atoms with van der Waals surface area (Å²) in [5.74, 6) is 1.61. The van der Waals surface area contributed by atoms with Crippen molar-refractivity contribution >= 4 is 23.0 Å². The topological polar surface area (TPSA) is 60.2 Å². The van der Waals surface area contributed by atoms with Crippen molar-refractivity contribution in [1.82, 2.24) is 4.98 Å². The van der Waals surface area contributed by atoms with Gasteiger partial charge in [0.2, 0.25) is 0 Å². The van der Waals surface area contributed by atoms with E-state index in [1.54, 1.807) is 7.11 Å². The fourth-order valence-corrected chi connectivity index (χ4v) is 2.17. The van der Waals surface area contributed by atoms with Gasteiger partial charge in [0.1, 0.15) is 16.6 Å². The van der Waals surface area contributed by atoms with Crippen LogP contribution in [0.5, 0.6) is 5.75 Å². The zero-order valence-corrected chi connectivity index (χ0v) is 13.0. The highest BCUT2D eigenvalue weighted by molar-refractivity contribution is 7.80. The maximum Gasteiger partial charge on any atom is 0.136 e. The van der Waals surface area contributed by atoms with E-state index in [1.807, 2.05) is 31.2 Å². The van der Waals surface area contributed by atoms with E-state index >= 15 is 0 Å². The Labute approximate surface area is 130 Å². The molecule has 21 heavy (non-hydrogen) atoms. The molecule has 1 aromatic heterocycles. The quantitative estimate of drug-likeness (QED) is 0.803. The van der Waals surface area contributed by atoms with Gasteiger partial charge >= 0.3 is 0 Å². The lowest BCUT2D eigenvalue weighted by Crippen LogP contribution is -2.16. The van der Waals surface area contributed by atoms with Crippen LogP contribution in [0.3, 0.4) is 0 Å². The molecule has 0 aliphatic carbocycles. The molecule has 0 fully saturated rings. The summed E-state index contributed by atoms with van der Waals surface area (Å²) in [6.45, 7) is 2.70. The number of nitrogens with one attached hydrogen (secondary N) is 1. The lowest BCUT2D eigenvalue weighted by molar-refractivity contribution is 0.414. The first-order chi connectivity index (χ1) is 10.1. The Bertz CT molecular complexity index is 626. The van der Waals surface area contributed by atoms with Crippen molar-refractivity contribution in [2.75, 3.05) is 19.0 Å². The Morgan fingerprint density at radius 1 is 1.24 bits per heavy atom. The average Bonchev–Trinajstić information content (AvgIpc) is 2.48. The first-order valence-corrected chi connectivity index (χ1v) is 7.15. The lowest BCUT2D eigenvalue weighted by Gasteiger charge is -2.11. The van der Waals surface area contributed by atoms with E-state index < -0.39 is 0 Å². The predicted molar refractivity (Wildman–Crippen MR) is 90.0 cm³/mol. The molecule has 4 nitrogen and oxygen atoms in total. The van der Waals surface area contributed by atoms with Crippen LogP contribution in [0.15, 0.2) is 36.4 Å². The molecular weight excluding hydrogens is 282 g/mol. The standard InChI is InChI=1S/C16H19N3OS/c1-11-3-8-14(15(17)21)16(19-11)18-10-9-12-4-6-13(20-2)7-5-12/h3-8H,9-10H2,1-2H3,(H2,17,21)(H,18,19). The van der Waals surface area contributed by atoms with Crippen LogP contribution < -0.4 is 15.8 Å². The predicted octanol–water partition coefficient (Wildman–Crippen LogP) is 2.69. The number of thiocarbonyl (C=S) groups is 1. The largest absolute Gasteiger partial charge is 0.497 e. The van der Waals surface area contributed by atoms with Gasteiger partial charge in [0, 0.05) is 12.2 Å². The molecule has 2 rings (SSSR count). The zero-order valence-electron chi connectivity index (χ0n) is 12.2. The summed E-state index contributed by atoms with van der Waals surface area (Å²) in [7, 11) is 1.66. The molecule has 0 atom stereocenters. The molecule has 1 aromatic carbocycles. The summed E-state index contributed by atoms with van der Waals surface area (Å²) in [4.78, 5) is 4.81. The van der Waals surface area contributed by atoms with Crippen LogP contribution in [-0.4, -0.2) is 23.6 Å². The molecule has 2 aromatic rings. The summed E-state index contributed by atoms with van der Waals surface area (Å²) in [5, 5.41) is 3.30. The highest BCUT2D eigenvalue weighted by atomic mass is 32.1. The number of nitrogens with zero attached hydrogens (tertiary/aromatic N) is 1. The van der Waals surface area contributed by atoms with Crippen LogP contribution in [0.1, 0.15) is 16.8 Å². The number of methoxy groups -OCH3 is 1. The number of aryl methyl sites for hydroxylation is 1. The Kier molecular flexibility index (Phi) is 5.11. The molecule has 0 unspecified atom stereocenters. The number of aromatic nitrogens is 1. The van der Waals surface area contributed by atoms with Gasteiger partial charge in [-0.1, -0.05) is 24.4 Å². The van der Waals surface area contributed by atoms with Gasteiger partial charge in [-0.3, -0.25) is 0 Å². The van der Waals surface area contributed by atoms with Crippen molar-refractivity contribution in [3.8, 4) is 5.75 Å². The van der Waals surface area contributed by atoms with Crippen molar-refractivity contribution in [3.63, 3.8) is 0 Å². The maximum absolute atomic E-state index is 5.72. The molecule has 110 valence electrons. The van der Waals surface area contributed by atoms with Crippen molar-refractivity contribution in [2.24, 2.45) is 5.73 Å². The van der Waals surface area contributed by atoms with Gasteiger partial charge in [0.25, 0.3) is 0 Å². The van der Waals surface area contributed by atoms with Gasteiger partial charge in [-0.2, -0.15) is 0 Å². The van der Waals surface area contributed by atoms with Gasteiger partial charge in [0.05, 0.1) is 12.7 Å². The van der Waals surface area contributed by atoms with Crippen molar-refractivity contribution in [2.45, 2.75) is 13.3 Å². The maximum atomic E-state index is 5.72. The zero-order chi connectivity index (χ0) is 15.2. The molecule has 0 spiro atoms. The van der Waals surface area contributed by atoms with Crippen LogP contribution >= 0.6 is 12.2 Å². The van der Waals surface area contributed by atoms with Crippen molar-refractivity contribution < 1.29 is 4.74 Å². The molecular formula is C16H19N3OS. The van der Waals surface area contributed by atoms with E-state index in [0.29, 0.717) is 4.99 Å². The van der Waals surface area contributed by atoms with Gasteiger partial charge in [-0.05, 0) is 43.2 Å². The number of hydrogen-bond acceptors (Lipinski definition) is 4. The molecule has 0 saturated heterocycles. The third kappa shape index (κ3) is 4.16. The molecule has 0 bridgehead atoms. The van der Waals surface area contributed by atoms with E-state index in [1.165, 1.54) is 5.56 Å². The van der Waals surface area contributed by atoms with Crippen molar-refractivity contribution in [3.05, 3.63) is 53.2 Å². The highest BCUT2D eigenvalue weighted by Gasteiger charge is 2.06. The second-order valence-electron chi connectivity index (χ2n) is 4.74. The molecule has 0 saturated carbocycles. The summed E-state index contributed by atoms with van der Waals surface area (Å²) < 4.78 is 5.14. The van der Waals surface area contributed by atoms with Gasteiger partial charge in [-0.15, -0.1) is 0 Å². The van der Waals surface area contributed by atoms with E-state index in [2.05, 4.69) is 22.4 Å². The Balaban J connectivity index is 1.99. The number of pyridine rings is 1. The number of ether oxygens (including phenoxy) is 1. The second kappa shape index (κ2) is 7.04. The summed E-state index contributed by atoms with van der Waals surface area (Å²) >= 11 is 5.05. The van der Waals surface area contributed by atoms with Gasteiger partial charge in [-0.25, -0.2) is 4.98 Å². The summed E-state index contributed by atoms with van der Waals surface area (Å²) in [6, 6.07) is 11.8. The highest BCUT2D eigenvalue weighted by Crippen LogP contribution is 2.15. The molecule has 5 heteroatoms. The van der Waals surface area contributed by atoms with Gasteiger partial charge in [0.15, 0.2) is 0 Å². The van der Waals surface area contributed by atoms with Crippen LogP contribution in [0, 0.1) is 6.92 Å². The Morgan fingerprint density at radius 2 is 1.95 bits per heavy atom. The minimum atomic E-state index is 0.356. The van der Waals surface area contributed by atoms with Crippen LogP contribution in [0.25, 0.3) is 0 Å². The summed E-state index contributed by atoms with van der Waals surface area (Å²) in [5.41, 5.74) is 8.66. The van der Waals surface area contributed by atoms with E-state index in [0.717, 1.165) is 35.8 Å². The number of nitrogens with two attached hydrogens (primary N) is 1. The smallest absolute Gasteiger partial charge is 0.136 e. The van der Waals surface area contributed by atoms with E-state index in [4.69, 9.17) is 22.7 Å².